The van der Waals surface area contributed by atoms with Crippen LogP contribution in [-0.4, -0.2) is 23.4 Å². The lowest BCUT2D eigenvalue weighted by Gasteiger charge is -2.04. The fourth-order valence-corrected chi connectivity index (χ4v) is 3.86. The summed E-state index contributed by atoms with van der Waals surface area (Å²) in [7, 11) is 5.65. The Hall–Kier alpha value is -2.07. The maximum atomic E-state index is 12.7. The molecule has 1 heterocycles. The van der Waals surface area contributed by atoms with Crippen LogP contribution in [0.5, 0.6) is 0 Å². The van der Waals surface area contributed by atoms with Gasteiger partial charge < -0.3 is 5.11 Å². The maximum absolute atomic E-state index is 12.7. The second-order valence-corrected chi connectivity index (χ2v) is 8.29. The highest BCUT2D eigenvalue weighted by Gasteiger charge is 2.15. The van der Waals surface area contributed by atoms with Crippen LogP contribution in [0, 0.1) is 0 Å². The first-order valence-electron chi connectivity index (χ1n) is 12.0. The van der Waals surface area contributed by atoms with E-state index in [4.69, 9.17) is 7.85 Å². The summed E-state index contributed by atoms with van der Waals surface area (Å²) >= 11 is 0. The summed E-state index contributed by atoms with van der Waals surface area (Å²) in [5.74, 6) is 0.0637. The van der Waals surface area contributed by atoms with E-state index in [2.05, 4.69) is 31.2 Å². The molecule has 166 valence electrons. The number of unbranched alkanes of at least 4 members (excludes halogenated alkanes) is 8. The first-order chi connectivity index (χ1) is 15.1. The number of hydrogen-bond acceptors (Lipinski definition) is 2. The molecule has 3 nitrogen and oxygen atoms in total. The van der Waals surface area contributed by atoms with E-state index in [1.54, 1.807) is 10.8 Å². The van der Waals surface area contributed by atoms with Gasteiger partial charge in [0.1, 0.15) is 7.85 Å². The zero-order valence-electron chi connectivity index (χ0n) is 19.1. The molecule has 0 amide bonds. The average molecular weight is 419 g/mol. The van der Waals surface area contributed by atoms with Crippen LogP contribution in [0.4, 0.5) is 0 Å². The molecule has 0 fully saturated rings. The number of nitrogens with zero attached hydrogens (tertiary/aromatic N) is 1. The molecule has 0 aliphatic carbocycles. The number of rotatable bonds is 15. The molecule has 0 aliphatic rings. The minimum Gasteiger partial charge on any atom is -0.398 e. The molecule has 2 aromatic rings. The number of hydrogen-bond donors (Lipinski definition) is 1. The zero-order valence-corrected chi connectivity index (χ0v) is 19.1. The molecule has 1 aromatic heterocycles. The summed E-state index contributed by atoms with van der Waals surface area (Å²) in [5.41, 5.74) is 1.42. The zero-order chi connectivity index (χ0) is 22.3. The predicted octanol–water partition coefficient (Wildman–Crippen LogP) is 7.25. The van der Waals surface area contributed by atoms with Crippen molar-refractivity contribution in [3.63, 3.8) is 0 Å². The van der Waals surface area contributed by atoms with Crippen LogP contribution in [-0.2, 0) is 0 Å². The summed E-state index contributed by atoms with van der Waals surface area (Å²) in [6, 6.07) is 6.51. The molecule has 0 spiro atoms. The largest absolute Gasteiger partial charge is 0.398 e. The lowest BCUT2D eigenvalue weighted by atomic mass is 9.92. The summed E-state index contributed by atoms with van der Waals surface area (Å²) in [6.07, 6.45) is 24.2. The van der Waals surface area contributed by atoms with Gasteiger partial charge in [-0.1, -0.05) is 81.5 Å². The topological polar surface area (TPSA) is 42.2 Å². The minimum atomic E-state index is -1.07. The smallest absolute Gasteiger partial charge is 0.231 e. The second-order valence-electron chi connectivity index (χ2n) is 8.29. The molecular formula is C27H38BNO2. The molecule has 0 saturated heterocycles. The van der Waals surface area contributed by atoms with Gasteiger partial charge in [0.05, 0.1) is 5.52 Å². The van der Waals surface area contributed by atoms with Crippen molar-refractivity contribution >= 4 is 24.7 Å². The molecule has 1 aromatic carbocycles. The van der Waals surface area contributed by atoms with Crippen molar-refractivity contribution in [1.82, 2.24) is 4.57 Å². The Morgan fingerprint density at radius 3 is 2.32 bits per heavy atom. The third-order valence-electron chi connectivity index (χ3n) is 5.67. The quantitative estimate of drug-likeness (QED) is 0.188. The molecule has 31 heavy (non-hydrogen) atoms. The van der Waals surface area contributed by atoms with Crippen LogP contribution in [0.3, 0.4) is 0 Å². The number of aliphatic hydroxyl groups excluding tert-OH is 1. The number of fused-ring (bicyclic) bond motifs is 1. The van der Waals surface area contributed by atoms with Crippen LogP contribution in [0.25, 0.3) is 10.9 Å². The molecule has 0 aliphatic heterocycles. The second kappa shape index (κ2) is 14.9. The van der Waals surface area contributed by atoms with Crippen LogP contribution >= 0.6 is 0 Å². The predicted molar refractivity (Wildman–Crippen MR) is 133 cm³/mol. The van der Waals surface area contributed by atoms with Crippen LogP contribution < -0.4 is 0 Å². The van der Waals surface area contributed by atoms with E-state index in [1.807, 2.05) is 24.3 Å². The Morgan fingerprint density at radius 1 is 0.968 bits per heavy atom. The summed E-state index contributed by atoms with van der Waals surface area (Å²) < 4.78 is 1.64. The SMILES string of the molecule is [B]C(O)c1cn(C(=O)CCCCCCC/C=C\C/C=C\CCCCC)c2ccccc12. The highest BCUT2D eigenvalue weighted by Crippen LogP contribution is 2.25. The molecule has 0 bridgehead atoms. The molecule has 1 atom stereocenters. The van der Waals surface area contributed by atoms with E-state index in [-0.39, 0.29) is 5.91 Å². The summed E-state index contributed by atoms with van der Waals surface area (Å²) in [6.45, 7) is 2.24. The van der Waals surface area contributed by atoms with E-state index in [1.165, 1.54) is 38.5 Å². The van der Waals surface area contributed by atoms with Gasteiger partial charge in [0.2, 0.25) is 5.91 Å². The number of allylic oxidation sites excluding steroid dienone is 4. The van der Waals surface area contributed by atoms with Gasteiger partial charge in [0, 0.05) is 24.0 Å². The maximum Gasteiger partial charge on any atom is 0.231 e. The van der Waals surface area contributed by atoms with Gasteiger partial charge in [0.25, 0.3) is 0 Å². The van der Waals surface area contributed by atoms with E-state index < -0.39 is 6.00 Å². The summed E-state index contributed by atoms with van der Waals surface area (Å²) in [4.78, 5) is 12.7. The van der Waals surface area contributed by atoms with E-state index in [9.17, 15) is 9.90 Å². The van der Waals surface area contributed by atoms with Crippen LogP contribution in [0.15, 0.2) is 54.8 Å². The van der Waals surface area contributed by atoms with Gasteiger partial charge in [-0.05, 0) is 50.2 Å². The summed E-state index contributed by atoms with van der Waals surface area (Å²) in [5, 5.41) is 10.6. The Balaban J connectivity index is 1.58. The van der Waals surface area contributed by atoms with E-state index in [0.717, 1.165) is 43.0 Å². The molecule has 0 saturated carbocycles. The van der Waals surface area contributed by atoms with Gasteiger partial charge in [-0.25, -0.2) is 0 Å². The number of aliphatic hydroxyl groups is 1. The normalized spacial score (nSPS) is 13.0. The monoisotopic (exact) mass is 419 g/mol. The number of carbonyl (C=O) groups excluding carboxylic acids is 1. The third-order valence-corrected chi connectivity index (χ3v) is 5.67. The highest BCUT2D eigenvalue weighted by molar-refractivity contribution is 6.13. The van der Waals surface area contributed by atoms with Crippen molar-refractivity contribution in [2.75, 3.05) is 0 Å². The molecule has 2 radical (unpaired) electrons. The molecular weight excluding hydrogens is 381 g/mol. The highest BCUT2D eigenvalue weighted by atomic mass is 16.3. The van der Waals surface area contributed by atoms with Gasteiger partial charge in [-0.15, -0.1) is 0 Å². The van der Waals surface area contributed by atoms with Gasteiger partial charge in [-0.2, -0.15) is 0 Å². The Labute approximate surface area is 189 Å². The fourth-order valence-electron chi connectivity index (χ4n) is 3.86. The lowest BCUT2D eigenvalue weighted by Crippen LogP contribution is -2.09. The van der Waals surface area contributed by atoms with Crippen molar-refractivity contribution in [3.8, 4) is 0 Å². The van der Waals surface area contributed by atoms with Gasteiger partial charge >= 0.3 is 0 Å². The molecule has 1 unspecified atom stereocenters. The van der Waals surface area contributed by atoms with Crippen molar-refractivity contribution in [3.05, 3.63) is 60.3 Å². The number of carbonyl (C=O) groups is 1. The van der Waals surface area contributed by atoms with Crippen molar-refractivity contribution < 1.29 is 9.90 Å². The third kappa shape index (κ3) is 8.90. The number of para-hydroxylation sites is 1. The van der Waals surface area contributed by atoms with Crippen molar-refractivity contribution in [2.24, 2.45) is 0 Å². The van der Waals surface area contributed by atoms with Crippen LogP contribution in [0.1, 0.15) is 100 Å². The van der Waals surface area contributed by atoms with Crippen molar-refractivity contribution in [2.45, 2.75) is 90.0 Å². The van der Waals surface area contributed by atoms with Gasteiger partial charge in [0.15, 0.2) is 0 Å². The van der Waals surface area contributed by atoms with E-state index >= 15 is 0 Å². The Morgan fingerprint density at radius 2 is 1.61 bits per heavy atom. The van der Waals surface area contributed by atoms with E-state index in [0.29, 0.717) is 12.0 Å². The standard InChI is InChI=1S/C27H38BNO2/c1-2-3-4-5-6-7-8-9-10-11-12-13-14-15-16-21-26(30)29-22-24(27(28)31)23-19-17-18-20-25(23)29/h6-7,9-10,17-20,22,27,31H,2-5,8,11-16,21H2,1H3/b7-6-,10-9-. The van der Waals surface area contributed by atoms with Crippen molar-refractivity contribution in [1.29, 1.82) is 0 Å². The lowest BCUT2D eigenvalue weighted by molar-refractivity contribution is 0.0904. The van der Waals surface area contributed by atoms with Gasteiger partial charge in [-0.3, -0.25) is 9.36 Å². The minimum absolute atomic E-state index is 0.0637. The Bertz CT molecular complexity index is 835. The number of benzene rings is 1. The average Bonchev–Trinajstić information content (AvgIpc) is 3.16. The number of aromatic nitrogens is 1. The first kappa shape index (κ1) is 25.2. The fraction of sp³-hybridized carbons (Fsp3) is 0.519. The Kier molecular flexibility index (Phi) is 12.1. The first-order valence-corrected chi connectivity index (χ1v) is 12.0. The molecule has 1 N–H and O–H groups in total. The van der Waals surface area contributed by atoms with Crippen LogP contribution in [0.2, 0.25) is 0 Å². The molecule has 4 heteroatoms. The molecule has 2 rings (SSSR count).